The van der Waals surface area contributed by atoms with Gasteiger partial charge in [0.1, 0.15) is 5.54 Å². The van der Waals surface area contributed by atoms with Gasteiger partial charge in [-0.2, -0.15) is 5.10 Å². The number of rotatable bonds is 3. The van der Waals surface area contributed by atoms with E-state index in [9.17, 15) is 14.4 Å². The first-order chi connectivity index (χ1) is 12.5. The molecule has 1 aliphatic heterocycles. The van der Waals surface area contributed by atoms with Gasteiger partial charge >= 0.3 is 6.03 Å². The summed E-state index contributed by atoms with van der Waals surface area (Å²) in [6.07, 6.45) is 1.65. The molecule has 1 aromatic heterocycles. The van der Waals surface area contributed by atoms with Crippen molar-refractivity contribution in [1.82, 2.24) is 20.8 Å². The number of H-pyrrole nitrogens is 1. The van der Waals surface area contributed by atoms with E-state index in [2.05, 4.69) is 26.1 Å². The first-order valence-electron chi connectivity index (χ1n) is 7.95. The Hall–Kier alpha value is -3.68. The molecule has 2 heterocycles. The topological polar surface area (TPSA) is 116 Å². The summed E-state index contributed by atoms with van der Waals surface area (Å²) in [5.74, 6) is -0.740. The number of imide groups is 1. The molecular weight excluding hydrogens is 334 g/mol. The number of hydrogen-bond donors (Lipinski definition) is 4. The van der Waals surface area contributed by atoms with Gasteiger partial charge in [-0.25, -0.2) is 4.79 Å². The van der Waals surface area contributed by atoms with Gasteiger partial charge in [0.2, 0.25) is 0 Å². The number of anilines is 1. The van der Waals surface area contributed by atoms with Gasteiger partial charge in [-0.15, -0.1) is 0 Å². The lowest BCUT2D eigenvalue weighted by Gasteiger charge is -2.21. The minimum atomic E-state index is -1.18. The highest BCUT2D eigenvalue weighted by Gasteiger charge is 2.43. The zero-order chi connectivity index (χ0) is 18.3. The van der Waals surface area contributed by atoms with Crippen LogP contribution in [0.3, 0.4) is 0 Å². The zero-order valence-electron chi connectivity index (χ0n) is 13.8. The van der Waals surface area contributed by atoms with Crippen molar-refractivity contribution in [3.05, 3.63) is 59.8 Å². The Kier molecular flexibility index (Phi) is 3.47. The minimum Gasteiger partial charge on any atom is -0.322 e. The molecule has 0 saturated carbocycles. The highest BCUT2D eigenvalue weighted by molar-refractivity contribution is 6.12. The molecule has 4 N–H and O–H groups in total. The van der Waals surface area contributed by atoms with Crippen LogP contribution >= 0.6 is 0 Å². The van der Waals surface area contributed by atoms with Crippen molar-refractivity contribution in [1.29, 1.82) is 0 Å². The molecule has 0 spiro atoms. The Bertz CT molecular complexity index is 1060. The van der Waals surface area contributed by atoms with Crippen LogP contribution in [-0.2, 0) is 10.3 Å². The number of carbonyl (C=O) groups excluding carboxylic acids is 3. The van der Waals surface area contributed by atoms with E-state index >= 15 is 0 Å². The quantitative estimate of drug-likeness (QED) is 0.540. The summed E-state index contributed by atoms with van der Waals surface area (Å²) < 4.78 is 0. The Morgan fingerprint density at radius 1 is 1.15 bits per heavy atom. The van der Waals surface area contributed by atoms with Gasteiger partial charge in [0.15, 0.2) is 0 Å². The number of hydrogen-bond acceptors (Lipinski definition) is 4. The number of aromatic amines is 1. The average Bonchev–Trinajstić information content (AvgIpc) is 3.19. The fourth-order valence-corrected chi connectivity index (χ4v) is 3.01. The molecule has 1 atom stereocenters. The minimum absolute atomic E-state index is 0.304. The summed E-state index contributed by atoms with van der Waals surface area (Å²) in [6.45, 7) is 1.61. The van der Waals surface area contributed by atoms with Crippen molar-refractivity contribution in [3.63, 3.8) is 0 Å². The maximum absolute atomic E-state index is 12.6. The molecule has 0 aliphatic carbocycles. The Balaban J connectivity index is 1.64. The van der Waals surface area contributed by atoms with Gasteiger partial charge in [-0.05, 0) is 30.7 Å². The van der Waals surface area contributed by atoms with E-state index < -0.39 is 17.5 Å². The van der Waals surface area contributed by atoms with Gasteiger partial charge in [0, 0.05) is 11.1 Å². The van der Waals surface area contributed by atoms with Crippen LogP contribution in [0.4, 0.5) is 10.5 Å². The van der Waals surface area contributed by atoms with Crippen LogP contribution in [-0.4, -0.2) is 28.0 Å². The number of amides is 4. The first-order valence-corrected chi connectivity index (χ1v) is 7.95. The van der Waals surface area contributed by atoms with Crippen LogP contribution < -0.4 is 16.0 Å². The van der Waals surface area contributed by atoms with E-state index in [1.165, 1.54) is 0 Å². The van der Waals surface area contributed by atoms with E-state index in [1.54, 1.807) is 49.5 Å². The number of para-hydroxylation sites is 1. The first kappa shape index (κ1) is 15.8. The summed E-state index contributed by atoms with van der Waals surface area (Å²) in [5.41, 5.74) is 1.01. The van der Waals surface area contributed by atoms with Gasteiger partial charge < -0.3 is 10.6 Å². The van der Waals surface area contributed by atoms with Crippen molar-refractivity contribution < 1.29 is 14.4 Å². The molecule has 4 amide bonds. The molecule has 3 aromatic rings. The van der Waals surface area contributed by atoms with Crippen molar-refractivity contribution in [2.75, 3.05) is 5.32 Å². The predicted octanol–water partition coefficient (Wildman–Crippen LogP) is 1.87. The molecule has 1 unspecified atom stereocenters. The summed E-state index contributed by atoms with van der Waals surface area (Å²) in [5, 5.41) is 15.2. The second kappa shape index (κ2) is 5.69. The van der Waals surface area contributed by atoms with Gasteiger partial charge in [-0.1, -0.05) is 24.3 Å². The van der Waals surface area contributed by atoms with Gasteiger partial charge in [0.05, 0.1) is 17.3 Å². The van der Waals surface area contributed by atoms with E-state index in [1.807, 2.05) is 6.07 Å². The van der Waals surface area contributed by atoms with Crippen LogP contribution in [0.15, 0.2) is 48.7 Å². The standard InChI is InChI=1S/C18H15N5O3/c1-18(16(25)21-17(26)22-18)11-5-3-6-12(8-11)20-15(24)13-7-2-4-10-9-19-23-14(10)13/h2-9H,1H3,(H,19,23)(H,20,24)(H2,21,22,25,26). The highest BCUT2D eigenvalue weighted by Crippen LogP contribution is 2.27. The summed E-state index contributed by atoms with van der Waals surface area (Å²) in [4.78, 5) is 36.2. The fourth-order valence-electron chi connectivity index (χ4n) is 3.01. The lowest BCUT2D eigenvalue weighted by molar-refractivity contribution is -0.123. The zero-order valence-corrected chi connectivity index (χ0v) is 13.8. The van der Waals surface area contributed by atoms with E-state index in [0.717, 1.165) is 5.39 Å². The molecule has 2 aromatic carbocycles. The Morgan fingerprint density at radius 3 is 2.73 bits per heavy atom. The van der Waals surface area contributed by atoms with Crippen LogP contribution in [0, 0.1) is 0 Å². The summed E-state index contributed by atoms with van der Waals surface area (Å²) in [6, 6.07) is 11.6. The second-order valence-electron chi connectivity index (χ2n) is 6.21. The maximum atomic E-state index is 12.6. The number of benzene rings is 2. The van der Waals surface area contributed by atoms with E-state index in [0.29, 0.717) is 22.3 Å². The smallest absolute Gasteiger partial charge is 0.322 e. The third-order valence-corrected chi connectivity index (χ3v) is 4.46. The molecule has 26 heavy (non-hydrogen) atoms. The average molecular weight is 349 g/mol. The maximum Gasteiger partial charge on any atom is 0.322 e. The molecule has 1 saturated heterocycles. The molecule has 0 radical (unpaired) electrons. The monoisotopic (exact) mass is 349 g/mol. The van der Waals surface area contributed by atoms with Crippen LogP contribution in [0.5, 0.6) is 0 Å². The molecule has 4 rings (SSSR count). The van der Waals surface area contributed by atoms with Crippen molar-refractivity contribution in [2.24, 2.45) is 0 Å². The number of fused-ring (bicyclic) bond motifs is 1. The predicted molar refractivity (Wildman–Crippen MR) is 94.5 cm³/mol. The highest BCUT2D eigenvalue weighted by atomic mass is 16.2. The number of nitrogens with zero attached hydrogens (tertiary/aromatic N) is 1. The lowest BCUT2D eigenvalue weighted by Crippen LogP contribution is -2.40. The normalized spacial score (nSPS) is 19.3. The molecule has 1 aliphatic rings. The van der Waals surface area contributed by atoms with Crippen molar-refractivity contribution >= 4 is 34.4 Å². The largest absolute Gasteiger partial charge is 0.322 e. The van der Waals surface area contributed by atoms with Crippen LogP contribution in [0.2, 0.25) is 0 Å². The van der Waals surface area contributed by atoms with Crippen molar-refractivity contribution in [3.8, 4) is 0 Å². The molecular formula is C18H15N5O3. The lowest BCUT2D eigenvalue weighted by atomic mass is 9.92. The second-order valence-corrected chi connectivity index (χ2v) is 6.21. The molecule has 0 bridgehead atoms. The Labute approximate surface area is 148 Å². The fraction of sp³-hybridized carbons (Fsp3) is 0.111. The summed E-state index contributed by atoms with van der Waals surface area (Å²) >= 11 is 0. The van der Waals surface area contributed by atoms with Crippen LogP contribution in [0.1, 0.15) is 22.8 Å². The van der Waals surface area contributed by atoms with E-state index in [-0.39, 0.29) is 5.91 Å². The molecule has 8 heteroatoms. The SMILES string of the molecule is CC1(c2cccc(NC(=O)c3cccc4cn[nH]c34)c2)NC(=O)NC1=O. The number of carbonyl (C=O) groups is 3. The number of aromatic nitrogens is 2. The van der Waals surface area contributed by atoms with Crippen LogP contribution in [0.25, 0.3) is 10.9 Å². The third-order valence-electron chi connectivity index (χ3n) is 4.46. The number of nitrogens with one attached hydrogen (secondary N) is 4. The van der Waals surface area contributed by atoms with Gasteiger partial charge in [-0.3, -0.25) is 20.0 Å². The molecule has 8 nitrogen and oxygen atoms in total. The van der Waals surface area contributed by atoms with E-state index in [4.69, 9.17) is 0 Å². The Morgan fingerprint density at radius 2 is 1.96 bits per heavy atom. The van der Waals surface area contributed by atoms with Gasteiger partial charge in [0.25, 0.3) is 11.8 Å². The molecule has 1 fully saturated rings. The number of urea groups is 1. The summed E-state index contributed by atoms with van der Waals surface area (Å²) in [7, 11) is 0. The van der Waals surface area contributed by atoms with Crippen molar-refractivity contribution in [2.45, 2.75) is 12.5 Å². The molecule has 130 valence electrons. The third kappa shape index (κ3) is 2.48.